The number of fused-ring (bicyclic) bond motifs is 5. The molecule has 5 saturated heterocycles. The molecule has 2 aromatic carbocycles. The van der Waals surface area contributed by atoms with Gasteiger partial charge in [0.05, 0.1) is 51.2 Å². The Morgan fingerprint density at radius 2 is 1.11 bits per heavy atom. The number of benzene rings is 2. The molecule has 55 heteroatoms. The Kier molecular flexibility index (Phi) is 23.3. The van der Waals surface area contributed by atoms with Gasteiger partial charge in [-0.3, -0.25) is 98.1 Å². The topological polar surface area (TPSA) is 720 Å². The Balaban J connectivity index is 0.719. The largest absolute Gasteiger partial charge is 0.472 e. The van der Waals surface area contributed by atoms with Crippen molar-refractivity contribution in [1.29, 1.82) is 0 Å². The molecule has 51 nitrogen and oxygen atoms in total. The number of phosphoric ester groups is 4. The number of nitrogens with zero attached hydrogens (tertiary/aromatic N) is 12. The van der Waals surface area contributed by atoms with Crippen molar-refractivity contribution in [2.75, 3.05) is 55.1 Å². The van der Waals surface area contributed by atoms with Crippen molar-refractivity contribution >= 4 is 88.7 Å². The van der Waals surface area contributed by atoms with E-state index in [0.29, 0.717) is 16.6 Å². The van der Waals surface area contributed by atoms with E-state index >= 15 is 0 Å². The van der Waals surface area contributed by atoms with E-state index < -0.39 is 244 Å². The number of nitrogens with two attached hydrogens (primary N) is 3. The second kappa shape index (κ2) is 32.8. The number of carbonyl (C=O) groups is 1. The standard InChI is InChI=1S/C64H74N18O33P4/c1-25-16-78(63(93)75-54(25)89)41-14-33(85)36(107-41)19-103-117(97,98)114-49-38(110-57(46(49)87)77-11-10-40(65)71-62(77)92)21-106-119(101,102)115-50-39(111-59(47(50)88)82-53-44(56(91)74-60(67)73-53)72-61(82)81(27(3)84)30-8-9-32-29(13-30)12-28-6-4-5-7-31(28)32)22-105-116(95,96)112-34-15-42(79-17-26(2)55(90)76-64(79)94)108-37(34)20-104-118(99,100)113-48-35(18-83)109-58(45(48)86)80-24-70-43-51(66)68-23-69-52(43)80/h4-11,13,16-17,23-24,33-39,41-42,45-50,57-59,83,85-88H,12,14-15,18-22H2,1-3H3,(H,95,96)(H,97,98)(H,99,100)(H,101,102)(H2,65,71,92)(H2,66,68,69)(H,75,89,93)(H,76,90,94)(H3,67,73,74,91)/t33-,34-,35+,36+,37+,38+,39+,41+,42+,45+,46+,47+,48+,49+,50+,57+,58+,59+/m0/s1. The number of nitrogens with one attached hydrogen (secondary N) is 3. The molecule has 4 unspecified atom stereocenters. The van der Waals surface area contributed by atoms with Crippen LogP contribution in [0.5, 0.6) is 0 Å². The third-order valence-corrected chi connectivity index (χ3v) is 24.2. The molecule has 1 amide bonds. The van der Waals surface area contributed by atoms with Crippen molar-refractivity contribution in [3.05, 3.63) is 165 Å². The highest BCUT2D eigenvalue weighted by Gasteiger charge is 2.56. The van der Waals surface area contributed by atoms with Gasteiger partial charge in [-0.15, -0.1) is 0 Å². The summed E-state index contributed by atoms with van der Waals surface area (Å²) >= 11 is 0. The van der Waals surface area contributed by atoms with Crippen LogP contribution in [0.1, 0.15) is 73.2 Å². The van der Waals surface area contributed by atoms with E-state index in [-0.39, 0.29) is 46.0 Å². The summed E-state index contributed by atoms with van der Waals surface area (Å²) in [6.07, 6.45) is -29.5. The molecule has 638 valence electrons. The van der Waals surface area contributed by atoms with Crippen LogP contribution in [-0.2, 0) is 89.3 Å². The molecule has 0 bridgehead atoms. The third kappa shape index (κ3) is 17.1. The number of ether oxygens (including phenoxy) is 5. The average molecular weight is 1750 g/mol. The minimum Gasteiger partial charge on any atom is -0.394 e. The number of hydrogen-bond acceptors (Lipinski definition) is 38. The van der Waals surface area contributed by atoms with E-state index in [4.69, 9.17) is 77.1 Å². The van der Waals surface area contributed by atoms with E-state index in [0.717, 1.165) is 79.5 Å². The van der Waals surface area contributed by atoms with Crippen LogP contribution < -0.4 is 55.8 Å². The van der Waals surface area contributed by atoms with Gasteiger partial charge in [-0.1, -0.05) is 30.3 Å². The molecule has 0 saturated carbocycles. The Morgan fingerprint density at radius 1 is 0.571 bits per heavy atom. The predicted octanol–water partition coefficient (Wildman–Crippen LogP) is -2.35. The van der Waals surface area contributed by atoms with Crippen LogP contribution in [-0.4, -0.2) is 231 Å². The molecule has 7 aromatic heterocycles. The fourth-order valence-electron chi connectivity index (χ4n) is 14.6. The lowest BCUT2D eigenvalue weighted by Crippen LogP contribution is -2.38. The van der Waals surface area contributed by atoms with E-state index in [9.17, 15) is 96.9 Å². The van der Waals surface area contributed by atoms with Gasteiger partial charge in [-0.05, 0) is 60.7 Å². The van der Waals surface area contributed by atoms with Crippen molar-refractivity contribution in [1.82, 2.24) is 67.7 Å². The van der Waals surface area contributed by atoms with Crippen molar-refractivity contribution in [3.8, 4) is 11.1 Å². The quantitative estimate of drug-likeness (QED) is 0.0228. The Bertz CT molecular complexity index is 6040. The summed E-state index contributed by atoms with van der Waals surface area (Å²) in [5.41, 5.74) is 14.4. The first-order chi connectivity index (χ1) is 56.3. The second-order valence-corrected chi connectivity index (χ2v) is 33.7. The zero-order valence-corrected chi connectivity index (χ0v) is 65.3. The van der Waals surface area contributed by atoms with Gasteiger partial charge in [0.1, 0.15) is 103 Å². The lowest BCUT2D eigenvalue weighted by atomic mass is 10.1. The smallest absolute Gasteiger partial charge is 0.394 e. The maximum absolute atomic E-state index is 14.8. The molecule has 1 aliphatic carbocycles. The molecular formula is C64H74N18O33P4. The number of anilines is 5. The van der Waals surface area contributed by atoms with Crippen LogP contribution in [0.3, 0.4) is 0 Å². The number of nitrogen functional groups attached to an aromatic ring is 3. The van der Waals surface area contributed by atoms with Gasteiger partial charge in [0, 0.05) is 49.5 Å². The summed E-state index contributed by atoms with van der Waals surface area (Å²) in [6.45, 7) is -2.08. The van der Waals surface area contributed by atoms with Crippen LogP contribution >= 0.6 is 31.3 Å². The fraction of sp³-hybridized carbons (Fsp3) is 0.453. The highest BCUT2D eigenvalue weighted by Crippen LogP contribution is 2.56. The van der Waals surface area contributed by atoms with E-state index in [1.807, 2.05) is 24.3 Å². The zero-order valence-electron chi connectivity index (χ0n) is 61.8. The zero-order chi connectivity index (χ0) is 85.0. The number of aromatic amines is 3. The molecule has 5 fully saturated rings. The van der Waals surface area contributed by atoms with E-state index in [1.165, 1.54) is 24.5 Å². The average Bonchev–Trinajstić information content (AvgIpc) is 1.57. The van der Waals surface area contributed by atoms with E-state index in [1.54, 1.807) is 12.1 Å². The highest BCUT2D eigenvalue weighted by molar-refractivity contribution is 7.48. The molecule has 119 heavy (non-hydrogen) atoms. The summed E-state index contributed by atoms with van der Waals surface area (Å²) in [5, 5.41) is 57.4. The maximum Gasteiger partial charge on any atom is 0.472 e. The first-order valence-electron chi connectivity index (χ1n) is 35.8. The number of aryl methyl sites for hydroxylation is 2. The predicted molar refractivity (Wildman–Crippen MR) is 397 cm³/mol. The summed E-state index contributed by atoms with van der Waals surface area (Å²) < 4.78 is 135. The van der Waals surface area contributed by atoms with Crippen molar-refractivity contribution in [2.45, 2.75) is 151 Å². The fourth-order valence-corrected chi connectivity index (χ4v) is 18.4. The number of carbonyl (C=O) groups excluding carboxylic acids is 1. The molecular weight excluding hydrogens is 1670 g/mol. The monoisotopic (exact) mass is 1750 g/mol. The minimum atomic E-state index is -6.04. The molecule has 12 heterocycles. The molecule has 9 aromatic rings. The van der Waals surface area contributed by atoms with E-state index in [2.05, 4.69) is 44.9 Å². The first-order valence-corrected chi connectivity index (χ1v) is 41.8. The van der Waals surface area contributed by atoms with Gasteiger partial charge in [0.15, 0.2) is 41.3 Å². The number of amides is 1. The lowest BCUT2D eigenvalue weighted by molar-refractivity contribution is -0.116. The Morgan fingerprint density at radius 3 is 1.72 bits per heavy atom. The van der Waals surface area contributed by atoms with Crippen LogP contribution in [0.4, 0.5) is 29.2 Å². The highest BCUT2D eigenvalue weighted by atomic mass is 31.2. The molecule has 15 rings (SSSR count). The molecule has 0 radical (unpaired) electrons. The Hall–Kier alpha value is -9.51. The SMILES string of the molecule is CC(=O)N(c1ccc2c(c1)Cc1ccccc1-2)c1nc2c(=O)[nH]c(N)nc2n1[C@@H]1O[C@H](COP(=O)(O)O[C@H]2C[C@H](n3cc(C)c(=O)[nH]c3=O)O[C@@H]2COP(=O)(O)O[C@H]2[C@@H](O)[C@H](n3cnc4c(N)ncnc43)O[C@@H]2CO)[C@@H](OP(=O)(O)OC[C@H]2O[C@@H](n3ccc(N)nc3=O)[C@H](O)[C@@H]2OP(=O)(O)OC[C@H]2O[C@@H](n3cc(C)c(=O)[nH]c3=O)C[C@@H]2O)[C@H]1O. The number of H-pyrrole nitrogens is 3. The number of aliphatic hydroxyl groups excluding tert-OH is 5. The number of hydrogen-bond donors (Lipinski definition) is 15. The maximum atomic E-state index is 14.8. The molecule has 22 atom stereocenters. The van der Waals surface area contributed by atoms with Crippen LogP contribution in [0, 0.1) is 13.8 Å². The van der Waals surface area contributed by atoms with Crippen LogP contribution in [0.25, 0.3) is 33.5 Å². The lowest BCUT2D eigenvalue weighted by Gasteiger charge is -2.27. The third-order valence-electron chi connectivity index (χ3n) is 20.2. The van der Waals surface area contributed by atoms with Gasteiger partial charge in [-0.2, -0.15) is 9.97 Å². The van der Waals surface area contributed by atoms with Gasteiger partial charge in [0.2, 0.25) is 17.8 Å². The van der Waals surface area contributed by atoms with Crippen LogP contribution in [0.15, 0.2) is 109 Å². The Labute approximate surface area is 663 Å². The molecule has 18 N–H and O–H groups in total. The van der Waals surface area contributed by atoms with Gasteiger partial charge in [0.25, 0.3) is 16.7 Å². The summed E-state index contributed by atoms with van der Waals surface area (Å²) in [7, 11) is -23.1. The number of imidazole rings is 2. The van der Waals surface area contributed by atoms with Gasteiger partial charge < -0.3 is 86.0 Å². The minimum absolute atomic E-state index is 0.0386. The van der Waals surface area contributed by atoms with Crippen molar-refractivity contribution in [2.24, 2.45) is 0 Å². The second-order valence-electron chi connectivity index (χ2n) is 28.1. The summed E-state index contributed by atoms with van der Waals surface area (Å²) in [6, 6.07) is 13.4. The number of phosphoric acid groups is 4. The summed E-state index contributed by atoms with van der Waals surface area (Å²) in [4.78, 5) is 170. The van der Waals surface area contributed by atoms with Crippen molar-refractivity contribution < 1.29 is 128 Å². The van der Waals surface area contributed by atoms with Crippen LogP contribution in [0.2, 0.25) is 0 Å². The first kappa shape index (κ1) is 84.5. The normalized spacial score (nSPS) is 28.7. The number of aliphatic hydroxyl groups is 5. The number of rotatable bonds is 28. The van der Waals surface area contributed by atoms with Crippen molar-refractivity contribution in [3.63, 3.8) is 0 Å². The molecule has 6 aliphatic rings. The van der Waals surface area contributed by atoms with Gasteiger partial charge in [-0.25, -0.2) is 52.6 Å². The summed E-state index contributed by atoms with van der Waals surface area (Å²) in [5.74, 6) is -2.34. The van der Waals surface area contributed by atoms with Gasteiger partial charge >= 0.3 is 48.4 Å². The molecule has 5 aliphatic heterocycles. The number of aromatic nitrogens is 14. The molecule has 0 spiro atoms.